The highest BCUT2D eigenvalue weighted by atomic mass is 32.2. The number of oxime groups is 1. The third-order valence-electron chi connectivity index (χ3n) is 3.01. The van der Waals surface area contributed by atoms with Crippen molar-refractivity contribution in [2.24, 2.45) is 10.9 Å². The average molecular weight is 348 g/mol. The van der Waals surface area contributed by atoms with E-state index >= 15 is 0 Å². The first-order chi connectivity index (χ1) is 11.4. The molecule has 0 fully saturated rings. The van der Waals surface area contributed by atoms with Crippen LogP contribution in [-0.2, 0) is 19.7 Å². The van der Waals surface area contributed by atoms with Gasteiger partial charge in [-0.1, -0.05) is 23.4 Å². The summed E-state index contributed by atoms with van der Waals surface area (Å²) in [5.74, 6) is -0.895. The van der Waals surface area contributed by atoms with Gasteiger partial charge in [0.1, 0.15) is 6.54 Å². The number of hydrogen-bond donors (Lipinski definition) is 1. The van der Waals surface area contributed by atoms with E-state index in [0.717, 1.165) is 4.31 Å². The fourth-order valence-electron chi connectivity index (χ4n) is 1.74. The van der Waals surface area contributed by atoms with Gasteiger partial charge in [0.15, 0.2) is 5.84 Å². The van der Waals surface area contributed by atoms with Gasteiger partial charge < -0.3 is 10.6 Å². The molecule has 0 aliphatic carbocycles. The van der Waals surface area contributed by atoms with Crippen molar-refractivity contribution in [2.45, 2.75) is 4.90 Å². The zero-order valence-corrected chi connectivity index (χ0v) is 13.7. The highest BCUT2D eigenvalue weighted by Crippen LogP contribution is 2.13. The summed E-state index contributed by atoms with van der Waals surface area (Å²) in [7, 11) is -2.51. The first-order valence-corrected chi connectivity index (χ1v) is 8.30. The van der Waals surface area contributed by atoms with Crippen LogP contribution >= 0.6 is 0 Å². The molecule has 0 aliphatic heterocycles. The number of amidine groups is 1. The summed E-state index contributed by atoms with van der Waals surface area (Å²) in [6.07, 6.45) is 3.02. The van der Waals surface area contributed by atoms with E-state index in [9.17, 15) is 13.2 Å². The largest absolute Gasteiger partial charge is 0.380 e. The van der Waals surface area contributed by atoms with E-state index in [2.05, 4.69) is 15.0 Å². The van der Waals surface area contributed by atoms with Crippen molar-refractivity contribution in [2.75, 3.05) is 13.6 Å². The molecular weight excluding hydrogens is 332 g/mol. The van der Waals surface area contributed by atoms with Gasteiger partial charge in [-0.3, -0.25) is 4.98 Å². The minimum atomic E-state index is -3.78. The molecule has 2 rings (SSSR count). The number of pyridine rings is 1. The number of nitrogens with zero attached hydrogens (tertiary/aromatic N) is 3. The third-order valence-corrected chi connectivity index (χ3v) is 4.82. The van der Waals surface area contributed by atoms with Crippen LogP contribution in [0.15, 0.2) is 64.9 Å². The van der Waals surface area contributed by atoms with E-state index in [1.165, 1.54) is 25.4 Å². The van der Waals surface area contributed by atoms with Gasteiger partial charge in [0.2, 0.25) is 10.0 Å². The number of sulfonamides is 1. The molecule has 1 aromatic carbocycles. The lowest BCUT2D eigenvalue weighted by atomic mass is 10.3. The van der Waals surface area contributed by atoms with Crippen LogP contribution in [0.2, 0.25) is 0 Å². The predicted molar refractivity (Wildman–Crippen MR) is 87.3 cm³/mol. The van der Waals surface area contributed by atoms with Crippen LogP contribution in [0.1, 0.15) is 5.56 Å². The van der Waals surface area contributed by atoms with E-state index in [1.807, 2.05) is 0 Å². The lowest BCUT2D eigenvalue weighted by molar-refractivity contribution is -0.143. The average Bonchev–Trinajstić information content (AvgIpc) is 2.61. The van der Waals surface area contributed by atoms with E-state index < -0.39 is 22.5 Å². The maximum atomic E-state index is 12.3. The molecule has 126 valence electrons. The number of likely N-dealkylation sites (N-methyl/N-ethyl adjacent to an activating group) is 1. The Labute approximate surface area is 139 Å². The van der Waals surface area contributed by atoms with Crippen LogP contribution in [0.5, 0.6) is 0 Å². The van der Waals surface area contributed by atoms with Crippen LogP contribution in [-0.4, -0.2) is 43.1 Å². The molecule has 1 heterocycles. The normalized spacial score (nSPS) is 12.2. The van der Waals surface area contributed by atoms with Gasteiger partial charge in [0.05, 0.1) is 4.90 Å². The molecule has 0 amide bonds. The number of aromatic nitrogens is 1. The monoisotopic (exact) mass is 348 g/mol. The second kappa shape index (κ2) is 7.66. The van der Waals surface area contributed by atoms with Crippen molar-refractivity contribution in [3.05, 3.63) is 60.4 Å². The molecule has 2 N–H and O–H groups in total. The molecule has 0 spiro atoms. The van der Waals surface area contributed by atoms with Crippen LogP contribution < -0.4 is 5.73 Å². The summed E-state index contributed by atoms with van der Waals surface area (Å²) in [6.45, 7) is -0.499. The van der Waals surface area contributed by atoms with Crippen molar-refractivity contribution in [1.82, 2.24) is 9.29 Å². The van der Waals surface area contributed by atoms with Crippen molar-refractivity contribution < 1.29 is 18.0 Å². The molecule has 0 saturated carbocycles. The van der Waals surface area contributed by atoms with Gasteiger partial charge in [-0.05, 0) is 24.3 Å². The molecule has 1 aromatic heterocycles. The molecule has 24 heavy (non-hydrogen) atoms. The van der Waals surface area contributed by atoms with E-state index in [1.54, 1.807) is 36.5 Å². The van der Waals surface area contributed by atoms with E-state index in [4.69, 9.17) is 5.73 Å². The molecule has 0 bridgehead atoms. The number of hydrogen-bond acceptors (Lipinski definition) is 6. The van der Waals surface area contributed by atoms with Crippen LogP contribution in [0.25, 0.3) is 0 Å². The Bertz CT molecular complexity index is 823. The highest BCUT2D eigenvalue weighted by molar-refractivity contribution is 7.89. The van der Waals surface area contributed by atoms with Crippen LogP contribution in [0.3, 0.4) is 0 Å². The molecular formula is C15H16N4O4S. The van der Waals surface area contributed by atoms with Crippen molar-refractivity contribution in [3.63, 3.8) is 0 Å². The van der Waals surface area contributed by atoms with E-state index in [-0.39, 0.29) is 10.7 Å². The van der Waals surface area contributed by atoms with Crippen LogP contribution in [0, 0.1) is 0 Å². The van der Waals surface area contributed by atoms with Gasteiger partial charge >= 0.3 is 5.97 Å². The second-order valence-corrected chi connectivity index (χ2v) is 6.80. The summed E-state index contributed by atoms with van der Waals surface area (Å²) in [4.78, 5) is 20.4. The molecule has 9 heteroatoms. The lowest BCUT2D eigenvalue weighted by Crippen LogP contribution is -2.32. The smallest absolute Gasteiger partial charge is 0.350 e. The summed E-state index contributed by atoms with van der Waals surface area (Å²) >= 11 is 0. The number of rotatable bonds is 6. The molecule has 0 unspecified atom stereocenters. The van der Waals surface area contributed by atoms with Crippen LogP contribution in [0.4, 0.5) is 0 Å². The van der Waals surface area contributed by atoms with E-state index in [0.29, 0.717) is 5.56 Å². The minimum Gasteiger partial charge on any atom is -0.380 e. The Kier molecular flexibility index (Phi) is 5.61. The van der Waals surface area contributed by atoms with Gasteiger partial charge in [0.25, 0.3) is 0 Å². The fourth-order valence-corrected chi connectivity index (χ4v) is 2.87. The Hall–Kier alpha value is -2.78. The highest BCUT2D eigenvalue weighted by Gasteiger charge is 2.23. The number of carbonyl (C=O) groups is 1. The molecule has 0 aliphatic rings. The maximum absolute atomic E-state index is 12.3. The maximum Gasteiger partial charge on any atom is 0.350 e. The predicted octanol–water partition coefficient (Wildman–Crippen LogP) is 0.566. The molecule has 8 nitrogen and oxygen atoms in total. The van der Waals surface area contributed by atoms with Gasteiger partial charge in [0, 0.05) is 25.0 Å². The Morgan fingerprint density at radius 3 is 2.58 bits per heavy atom. The molecule has 2 aromatic rings. The zero-order chi connectivity index (χ0) is 17.6. The van der Waals surface area contributed by atoms with Crippen molar-refractivity contribution in [1.29, 1.82) is 0 Å². The molecule has 0 atom stereocenters. The topological polar surface area (TPSA) is 115 Å². The Balaban J connectivity index is 1.99. The van der Waals surface area contributed by atoms with Gasteiger partial charge in [-0.25, -0.2) is 13.2 Å². The number of nitrogens with two attached hydrogens (primary N) is 1. The Morgan fingerprint density at radius 2 is 1.96 bits per heavy atom. The zero-order valence-electron chi connectivity index (χ0n) is 12.9. The SMILES string of the molecule is CN(CC(=O)ON=C(N)c1cccnc1)S(=O)(=O)c1ccccc1. The summed E-state index contributed by atoms with van der Waals surface area (Å²) in [5, 5.41) is 3.49. The van der Waals surface area contributed by atoms with Gasteiger partial charge in [-0.15, -0.1) is 0 Å². The standard InChI is InChI=1S/C15H16N4O4S/c1-19(24(21,22)13-7-3-2-4-8-13)11-14(20)23-18-15(16)12-6-5-9-17-10-12/h2-10H,11H2,1H3,(H2,16,18). The number of benzene rings is 1. The first kappa shape index (κ1) is 17.6. The Morgan fingerprint density at radius 1 is 1.25 bits per heavy atom. The third kappa shape index (κ3) is 4.37. The fraction of sp³-hybridized carbons (Fsp3) is 0.133. The number of carbonyl (C=O) groups excluding carboxylic acids is 1. The molecule has 0 saturated heterocycles. The van der Waals surface area contributed by atoms with Crippen molar-refractivity contribution in [3.8, 4) is 0 Å². The quantitative estimate of drug-likeness (QED) is 0.353. The minimum absolute atomic E-state index is 0.0370. The van der Waals surface area contributed by atoms with Gasteiger partial charge in [-0.2, -0.15) is 4.31 Å². The lowest BCUT2D eigenvalue weighted by Gasteiger charge is -2.15. The second-order valence-electron chi connectivity index (χ2n) is 4.76. The molecule has 0 radical (unpaired) electrons. The first-order valence-electron chi connectivity index (χ1n) is 6.86. The summed E-state index contributed by atoms with van der Waals surface area (Å²) < 4.78 is 25.4. The summed E-state index contributed by atoms with van der Waals surface area (Å²) in [5.41, 5.74) is 6.13. The van der Waals surface area contributed by atoms with Crippen molar-refractivity contribution >= 4 is 21.8 Å². The summed E-state index contributed by atoms with van der Waals surface area (Å²) in [6, 6.07) is 11.1.